The molecule has 1 saturated heterocycles. The minimum Gasteiger partial charge on any atom is -0.399 e. The lowest BCUT2D eigenvalue weighted by atomic mass is 9.97. The fraction of sp³-hybridized carbons (Fsp3) is 0.562. The van der Waals surface area contributed by atoms with Gasteiger partial charge in [0, 0.05) is 19.3 Å². The number of piperidine rings is 1. The van der Waals surface area contributed by atoms with Crippen molar-refractivity contribution in [3.05, 3.63) is 29.8 Å². The Kier molecular flexibility index (Phi) is 5.41. The summed E-state index contributed by atoms with van der Waals surface area (Å²) in [5, 5.41) is 2.76. The van der Waals surface area contributed by atoms with Gasteiger partial charge in [-0.25, -0.2) is 0 Å². The number of nitrogen functional groups attached to an aromatic ring is 1. The molecule has 1 heterocycles. The molecule has 1 aliphatic rings. The number of hydrogen-bond donors (Lipinski definition) is 2. The molecule has 1 aromatic carbocycles. The number of nitrogens with one attached hydrogen (secondary N) is 1. The number of nitrogens with zero attached hydrogens (tertiary/aromatic N) is 1. The Hall–Kier alpha value is -1.55. The Morgan fingerprint density at radius 1 is 1.50 bits per heavy atom. The second-order valence-corrected chi connectivity index (χ2v) is 5.60. The number of likely N-dealkylation sites (tertiary alicyclic amines) is 1. The SMILES string of the molecule is CNC(=O)C1CCCN(CCCc2cccc(N)c2)C1. The fourth-order valence-electron chi connectivity index (χ4n) is 2.93. The molecule has 0 saturated carbocycles. The van der Waals surface area contributed by atoms with Gasteiger partial charge < -0.3 is 16.0 Å². The number of hydrogen-bond acceptors (Lipinski definition) is 3. The van der Waals surface area contributed by atoms with E-state index in [0.29, 0.717) is 0 Å². The molecule has 0 bridgehead atoms. The molecule has 4 nitrogen and oxygen atoms in total. The largest absolute Gasteiger partial charge is 0.399 e. The number of aryl methyl sites for hydroxylation is 1. The van der Waals surface area contributed by atoms with Crippen molar-refractivity contribution in [1.82, 2.24) is 10.2 Å². The molecule has 110 valence electrons. The van der Waals surface area contributed by atoms with Crippen molar-refractivity contribution in [3.63, 3.8) is 0 Å². The number of anilines is 1. The van der Waals surface area contributed by atoms with Gasteiger partial charge >= 0.3 is 0 Å². The van der Waals surface area contributed by atoms with Crippen molar-refractivity contribution >= 4 is 11.6 Å². The average molecular weight is 275 g/mol. The van der Waals surface area contributed by atoms with Crippen LogP contribution in [-0.2, 0) is 11.2 Å². The summed E-state index contributed by atoms with van der Waals surface area (Å²) in [6, 6.07) is 8.10. The van der Waals surface area contributed by atoms with Gasteiger partial charge in [0.05, 0.1) is 5.92 Å². The second-order valence-electron chi connectivity index (χ2n) is 5.60. The number of amides is 1. The third-order valence-electron chi connectivity index (χ3n) is 4.01. The van der Waals surface area contributed by atoms with E-state index >= 15 is 0 Å². The van der Waals surface area contributed by atoms with E-state index < -0.39 is 0 Å². The maximum absolute atomic E-state index is 11.7. The van der Waals surface area contributed by atoms with Crippen molar-refractivity contribution in [1.29, 1.82) is 0 Å². The summed E-state index contributed by atoms with van der Waals surface area (Å²) in [6.07, 6.45) is 4.30. The van der Waals surface area contributed by atoms with Crippen LogP contribution in [-0.4, -0.2) is 37.5 Å². The van der Waals surface area contributed by atoms with E-state index in [1.807, 2.05) is 18.2 Å². The van der Waals surface area contributed by atoms with E-state index in [9.17, 15) is 4.79 Å². The highest BCUT2D eigenvalue weighted by atomic mass is 16.1. The first-order valence-electron chi connectivity index (χ1n) is 7.47. The van der Waals surface area contributed by atoms with Crippen LogP contribution >= 0.6 is 0 Å². The van der Waals surface area contributed by atoms with Crippen molar-refractivity contribution in [3.8, 4) is 0 Å². The van der Waals surface area contributed by atoms with Gasteiger partial charge in [-0.05, 0) is 56.5 Å². The molecule has 1 aliphatic heterocycles. The molecule has 1 fully saturated rings. The molecule has 0 radical (unpaired) electrons. The van der Waals surface area contributed by atoms with E-state index in [1.54, 1.807) is 7.05 Å². The standard InChI is InChI=1S/C16H25N3O/c1-18-16(20)14-7-4-10-19(12-14)9-3-6-13-5-2-8-15(17)11-13/h2,5,8,11,14H,3-4,6-7,9-10,12,17H2,1H3,(H,18,20). The zero-order valence-electron chi connectivity index (χ0n) is 12.3. The van der Waals surface area contributed by atoms with Crippen LogP contribution in [0.25, 0.3) is 0 Å². The van der Waals surface area contributed by atoms with Crippen molar-refractivity contribution in [2.75, 3.05) is 32.4 Å². The third kappa shape index (κ3) is 4.23. The van der Waals surface area contributed by atoms with Crippen LogP contribution in [0.3, 0.4) is 0 Å². The summed E-state index contributed by atoms with van der Waals surface area (Å²) in [7, 11) is 1.72. The monoisotopic (exact) mass is 275 g/mol. The number of benzene rings is 1. The van der Waals surface area contributed by atoms with Crippen LogP contribution in [0, 0.1) is 5.92 Å². The molecule has 3 N–H and O–H groups in total. The van der Waals surface area contributed by atoms with Gasteiger partial charge in [0.2, 0.25) is 5.91 Å². The first-order chi connectivity index (χ1) is 9.69. The minimum absolute atomic E-state index is 0.168. The molecule has 0 spiro atoms. The third-order valence-corrected chi connectivity index (χ3v) is 4.01. The smallest absolute Gasteiger partial charge is 0.224 e. The first-order valence-corrected chi connectivity index (χ1v) is 7.47. The fourth-order valence-corrected chi connectivity index (χ4v) is 2.93. The quantitative estimate of drug-likeness (QED) is 0.804. The summed E-state index contributed by atoms with van der Waals surface area (Å²) in [5.41, 5.74) is 7.91. The number of rotatable bonds is 5. The van der Waals surface area contributed by atoms with E-state index in [4.69, 9.17) is 5.73 Å². The van der Waals surface area contributed by atoms with Gasteiger partial charge in [0.1, 0.15) is 0 Å². The van der Waals surface area contributed by atoms with Crippen LogP contribution in [0.15, 0.2) is 24.3 Å². The molecular formula is C16H25N3O. The summed E-state index contributed by atoms with van der Waals surface area (Å²) in [4.78, 5) is 14.1. The molecule has 1 unspecified atom stereocenters. The van der Waals surface area contributed by atoms with Gasteiger partial charge in [-0.2, -0.15) is 0 Å². The van der Waals surface area contributed by atoms with Crippen molar-refractivity contribution in [2.45, 2.75) is 25.7 Å². The van der Waals surface area contributed by atoms with E-state index in [2.05, 4.69) is 16.3 Å². The van der Waals surface area contributed by atoms with E-state index in [-0.39, 0.29) is 11.8 Å². The van der Waals surface area contributed by atoms with Gasteiger partial charge in [0.15, 0.2) is 0 Å². The Morgan fingerprint density at radius 2 is 2.35 bits per heavy atom. The van der Waals surface area contributed by atoms with Gasteiger partial charge in [0.25, 0.3) is 0 Å². The lowest BCUT2D eigenvalue weighted by Crippen LogP contribution is -2.42. The van der Waals surface area contributed by atoms with Crippen LogP contribution in [0.2, 0.25) is 0 Å². The number of carbonyl (C=O) groups is 1. The predicted octanol–water partition coefficient (Wildman–Crippen LogP) is 1.66. The van der Waals surface area contributed by atoms with Gasteiger partial charge in [-0.15, -0.1) is 0 Å². The Balaban J connectivity index is 1.75. The number of carbonyl (C=O) groups excluding carboxylic acids is 1. The topological polar surface area (TPSA) is 58.4 Å². The highest BCUT2D eigenvalue weighted by Crippen LogP contribution is 2.17. The highest BCUT2D eigenvalue weighted by molar-refractivity contribution is 5.78. The zero-order valence-corrected chi connectivity index (χ0v) is 12.3. The zero-order chi connectivity index (χ0) is 14.4. The second kappa shape index (κ2) is 7.29. The maximum atomic E-state index is 11.7. The molecule has 1 aromatic rings. The van der Waals surface area contributed by atoms with Crippen molar-refractivity contribution in [2.24, 2.45) is 5.92 Å². The Labute approximate surface area is 121 Å². The van der Waals surface area contributed by atoms with E-state index in [0.717, 1.165) is 51.0 Å². The minimum atomic E-state index is 0.168. The molecule has 1 atom stereocenters. The number of nitrogens with two attached hydrogens (primary N) is 1. The molecular weight excluding hydrogens is 250 g/mol. The lowest BCUT2D eigenvalue weighted by Gasteiger charge is -2.31. The first kappa shape index (κ1) is 14.9. The summed E-state index contributed by atoms with van der Waals surface area (Å²) >= 11 is 0. The van der Waals surface area contributed by atoms with E-state index in [1.165, 1.54) is 5.56 Å². The normalized spacial score (nSPS) is 19.8. The Morgan fingerprint density at radius 3 is 3.10 bits per heavy atom. The highest BCUT2D eigenvalue weighted by Gasteiger charge is 2.24. The van der Waals surface area contributed by atoms with Crippen molar-refractivity contribution < 1.29 is 4.79 Å². The van der Waals surface area contributed by atoms with Crippen LogP contribution in [0.5, 0.6) is 0 Å². The lowest BCUT2D eigenvalue weighted by molar-refractivity contribution is -0.126. The molecule has 2 rings (SSSR count). The maximum Gasteiger partial charge on any atom is 0.224 e. The van der Waals surface area contributed by atoms with Crippen LogP contribution in [0.4, 0.5) is 5.69 Å². The average Bonchev–Trinajstić information content (AvgIpc) is 2.47. The molecule has 0 aliphatic carbocycles. The molecule has 0 aromatic heterocycles. The Bertz CT molecular complexity index is 447. The molecule has 20 heavy (non-hydrogen) atoms. The molecule has 1 amide bonds. The van der Waals surface area contributed by atoms with Gasteiger partial charge in [-0.1, -0.05) is 12.1 Å². The van der Waals surface area contributed by atoms with Gasteiger partial charge in [-0.3, -0.25) is 4.79 Å². The summed E-state index contributed by atoms with van der Waals surface area (Å²) in [5.74, 6) is 0.353. The predicted molar refractivity (Wildman–Crippen MR) is 82.4 cm³/mol. The van der Waals surface area contributed by atoms with Crippen LogP contribution < -0.4 is 11.1 Å². The van der Waals surface area contributed by atoms with Crippen LogP contribution in [0.1, 0.15) is 24.8 Å². The molecule has 4 heteroatoms. The summed E-state index contributed by atoms with van der Waals surface area (Å²) < 4.78 is 0. The summed E-state index contributed by atoms with van der Waals surface area (Å²) in [6.45, 7) is 3.07.